The maximum absolute atomic E-state index is 13.4. The first-order chi connectivity index (χ1) is 25.1. The molecule has 14 nitrogen and oxygen atoms in total. The highest BCUT2D eigenvalue weighted by atomic mass is 16.5. The predicted molar refractivity (Wildman–Crippen MR) is 188 cm³/mol. The van der Waals surface area contributed by atoms with Crippen LogP contribution in [0, 0.1) is 23.2 Å². The van der Waals surface area contributed by atoms with Gasteiger partial charge in [-0.15, -0.1) is 10.2 Å². The fraction of sp³-hybridized carbons (Fsp3) is 0.447. The van der Waals surface area contributed by atoms with Crippen molar-refractivity contribution in [1.29, 1.82) is 0 Å². The number of phenols is 1. The number of carbonyl (C=O) groups excluding carboxylic acids is 5. The number of rotatable bonds is 10. The first-order valence-corrected chi connectivity index (χ1v) is 18.0. The number of carbonyl (C=O) groups is 5. The Morgan fingerprint density at radius 1 is 0.962 bits per heavy atom. The van der Waals surface area contributed by atoms with Gasteiger partial charge in [0.05, 0.1) is 23.1 Å². The van der Waals surface area contributed by atoms with Crippen LogP contribution in [0.4, 0.5) is 11.5 Å². The van der Waals surface area contributed by atoms with E-state index >= 15 is 0 Å². The number of hydrogen-bond donors (Lipinski definition) is 4. The molecule has 5 fully saturated rings. The van der Waals surface area contributed by atoms with Crippen molar-refractivity contribution < 1.29 is 33.8 Å². The number of aromatic hydroxyl groups is 1. The van der Waals surface area contributed by atoms with Crippen molar-refractivity contribution in [3.63, 3.8) is 0 Å². The quantitative estimate of drug-likeness (QED) is 0.226. The molecule has 4 heterocycles. The maximum atomic E-state index is 13.4. The van der Waals surface area contributed by atoms with Crippen LogP contribution < -0.4 is 26.0 Å². The number of fused-ring (bicyclic) bond motifs is 2. The lowest BCUT2D eigenvalue weighted by atomic mass is 9.68. The summed E-state index contributed by atoms with van der Waals surface area (Å²) in [4.78, 5) is 66.9. The summed E-state index contributed by atoms with van der Waals surface area (Å²) in [6.07, 6.45) is 5.46. The van der Waals surface area contributed by atoms with Crippen molar-refractivity contribution in [1.82, 2.24) is 25.7 Å². The van der Waals surface area contributed by atoms with E-state index in [1.54, 1.807) is 36.4 Å². The SMILES string of the molecule is Nc1nnc(-c2ccccc2O)cc1OCC1CC2(C(=O)NCCC3CCN(c4ccc5c(c4)C(=O)N(C4CCC(=O)NC4=O)C5=O)CC3)CC1C2. The summed E-state index contributed by atoms with van der Waals surface area (Å²) in [6, 6.07) is 12.8. The highest BCUT2D eigenvalue weighted by Gasteiger charge is 2.60. The number of phenolic OH excluding ortho intramolecular Hbond substituents is 1. The number of anilines is 2. The molecule has 3 aliphatic heterocycles. The summed E-state index contributed by atoms with van der Waals surface area (Å²) >= 11 is 0. The van der Waals surface area contributed by atoms with Crippen LogP contribution in [0.3, 0.4) is 0 Å². The molecule has 2 saturated heterocycles. The van der Waals surface area contributed by atoms with Gasteiger partial charge in [0.25, 0.3) is 11.8 Å². The van der Waals surface area contributed by atoms with Crippen molar-refractivity contribution in [2.75, 3.05) is 36.9 Å². The molecule has 14 heteroatoms. The minimum Gasteiger partial charge on any atom is -0.507 e. The topological polar surface area (TPSA) is 197 Å². The minimum atomic E-state index is -0.985. The number of benzene rings is 2. The third kappa shape index (κ3) is 5.99. The Balaban J connectivity index is 0.790. The molecule has 5 amide bonds. The summed E-state index contributed by atoms with van der Waals surface area (Å²) in [7, 11) is 0. The van der Waals surface area contributed by atoms with E-state index in [-0.39, 0.29) is 52.8 Å². The number of aromatic nitrogens is 2. The van der Waals surface area contributed by atoms with Crippen molar-refractivity contribution >= 4 is 41.0 Å². The third-order valence-corrected chi connectivity index (χ3v) is 11.8. The molecule has 5 N–H and O–H groups in total. The number of para-hydroxylation sites is 1. The molecule has 2 atom stereocenters. The largest absolute Gasteiger partial charge is 0.507 e. The second-order valence-electron chi connectivity index (χ2n) is 14.9. The van der Waals surface area contributed by atoms with Gasteiger partial charge in [-0.2, -0.15) is 0 Å². The first-order valence-electron chi connectivity index (χ1n) is 18.0. The standard InChI is InChI=1S/C38H41N7O7/c39-33-31(16-28(42-43-33)26-3-1-2-4-30(26)46)52-20-23-19-38(17-22(23)18-38)37(51)40-12-9-21-10-13-44(14-11-21)24-5-6-25-27(15-24)36(50)45(35(25)49)29-7-8-32(47)41-34(29)48/h1-6,15-16,21-23,29,46H,7-14,17-20H2,(H2,39,43)(H,40,51)(H,41,47,48). The van der Waals surface area contributed by atoms with Gasteiger partial charge in [0.1, 0.15) is 17.5 Å². The van der Waals surface area contributed by atoms with Crippen molar-refractivity contribution in [3.8, 4) is 22.8 Å². The van der Waals surface area contributed by atoms with Crippen molar-refractivity contribution in [3.05, 3.63) is 59.7 Å². The number of hydrogen-bond acceptors (Lipinski definition) is 11. The van der Waals surface area contributed by atoms with E-state index in [9.17, 15) is 29.1 Å². The fourth-order valence-electron chi connectivity index (χ4n) is 8.82. The second-order valence-corrected chi connectivity index (χ2v) is 14.9. The summed E-state index contributed by atoms with van der Waals surface area (Å²) < 4.78 is 6.11. The molecule has 0 spiro atoms. The number of nitrogens with two attached hydrogens (primary N) is 1. The van der Waals surface area contributed by atoms with E-state index in [2.05, 4.69) is 25.7 Å². The van der Waals surface area contributed by atoms with Crippen LogP contribution in [-0.2, 0) is 14.4 Å². The average Bonchev–Trinajstić information content (AvgIpc) is 3.76. The average molecular weight is 708 g/mol. The number of amides is 5. The van der Waals surface area contributed by atoms with Crippen molar-refractivity contribution in [2.45, 2.75) is 57.4 Å². The maximum Gasteiger partial charge on any atom is 0.262 e. The minimum absolute atomic E-state index is 0.0814. The van der Waals surface area contributed by atoms with Crippen LogP contribution in [0.15, 0.2) is 48.5 Å². The smallest absolute Gasteiger partial charge is 0.262 e. The molecular formula is C38H41N7O7. The molecule has 2 unspecified atom stereocenters. The Bertz CT molecular complexity index is 1970. The zero-order valence-electron chi connectivity index (χ0n) is 28.7. The summed E-state index contributed by atoms with van der Waals surface area (Å²) in [6.45, 7) is 2.63. The highest BCUT2D eigenvalue weighted by Crippen LogP contribution is 2.62. The van der Waals surface area contributed by atoms with Crippen LogP contribution in [-0.4, -0.2) is 82.0 Å². The molecule has 6 aliphatic rings. The zero-order valence-corrected chi connectivity index (χ0v) is 28.7. The normalized spacial score (nSPS) is 25.5. The Morgan fingerprint density at radius 3 is 2.50 bits per heavy atom. The fourth-order valence-corrected chi connectivity index (χ4v) is 8.82. The second kappa shape index (κ2) is 13.2. The summed E-state index contributed by atoms with van der Waals surface area (Å²) in [5.41, 5.74) is 8.14. The first kappa shape index (κ1) is 33.6. The number of imide groups is 2. The van der Waals surface area contributed by atoms with Gasteiger partial charge in [0, 0.05) is 43.4 Å². The number of nitrogens with zero attached hydrogens (tertiary/aromatic N) is 4. The van der Waals surface area contributed by atoms with E-state index < -0.39 is 29.7 Å². The number of ether oxygens (including phenoxy) is 1. The number of nitrogen functional groups attached to an aromatic ring is 1. The molecule has 52 heavy (non-hydrogen) atoms. The van der Waals surface area contributed by atoms with Gasteiger partial charge in [0.15, 0.2) is 11.6 Å². The lowest BCUT2D eigenvalue weighted by Gasteiger charge is -2.37. The molecule has 1 aromatic heterocycles. The molecule has 2 aromatic carbocycles. The van der Waals surface area contributed by atoms with Gasteiger partial charge in [-0.1, -0.05) is 12.1 Å². The Hall–Kier alpha value is -5.53. The van der Waals surface area contributed by atoms with Crippen molar-refractivity contribution in [2.24, 2.45) is 23.2 Å². The van der Waals surface area contributed by atoms with E-state index in [1.165, 1.54) is 0 Å². The van der Waals surface area contributed by atoms with Crippen LogP contribution >= 0.6 is 0 Å². The molecule has 3 saturated carbocycles. The van der Waals surface area contributed by atoms with E-state index in [4.69, 9.17) is 10.5 Å². The molecule has 3 aromatic rings. The molecule has 2 bridgehead atoms. The van der Waals surface area contributed by atoms with E-state index in [1.807, 2.05) is 12.1 Å². The van der Waals surface area contributed by atoms with Crippen LogP contribution in [0.2, 0.25) is 0 Å². The predicted octanol–water partition coefficient (Wildman–Crippen LogP) is 3.05. The molecule has 270 valence electrons. The molecule has 9 rings (SSSR count). The molecular weight excluding hydrogens is 666 g/mol. The monoisotopic (exact) mass is 707 g/mol. The number of nitrogens with one attached hydrogen (secondary N) is 2. The van der Waals surface area contributed by atoms with Crippen LogP contribution in [0.25, 0.3) is 11.3 Å². The lowest BCUT2D eigenvalue weighted by Crippen LogP contribution is -2.54. The Kier molecular flexibility index (Phi) is 8.54. The van der Waals surface area contributed by atoms with Gasteiger partial charge in [-0.05, 0) is 93.0 Å². The van der Waals surface area contributed by atoms with Gasteiger partial charge >= 0.3 is 0 Å². The summed E-state index contributed by atoms with van der Waals surface area (Å²) in [5.74, 6) is -0.0947. The van der Waals surface area contributed by atoms with Gasteiger partial charge in [-0.3, -0.25) is 34.2 Å². The Morgan fingerprint density at radius 2 is 1.73 bits per heavy atom. The zero-order chi connectivity index (χ0) is 36.1. The Labute approximate surface area is 300 Å². The van der Waals surface area contributed by atoms with Gasteiger partial charge in [-0.25, -0.2) is 0 Å². The van der Waals surface area contributed by atoms with E-state index in [0.29, 0.717) is 42.0 Å². The highest BCUT2D eigenvalue weighted by molar-refractivity contribution is 6.23. The lowest BCUT2D eigenvalue weighted by molar-refractivity contribution is -0.136. The molecule has 3 aliphatic carbocycles. The number of piperidine rings is 2. The van der Waals surface area contributed by atoms with Gasteiger partial charge in [0.2, 0.25) is 17.7 Å². The van der Waals surface area contributed by atoms with Crippen LogP contribution in [0.1, 0.15) is 72.1 Å². The van der Waals surface area contributed by atoms with Gasteiger partial charge < -0.3 is 25.8 Å². The van der Waals surface area contributed by atoms with Crippen LogP contribution in [0.5, 0.6) is 11.5 Å². The molecule has 0 radical (unpaired) electrons. The van der Waals surface area contributed by atoms with E-state index in [0.717, 1.165) is 62.2 Å². The summed E-state index contributed by atoms with van der Waals surface area (Å²) in [5, 5.41) is 23.8. The third-order valence-electron chi connectivity index (χ3n) is 11.8.